The summed E-state index contributed by atoms with van der Waals surface area (Å²) in [4.78, 5) is 28.1. The van der Waals surface area contributed by atoms with Gasteiger partial charge >= 0.3 is 5.97 Å². The van der Waals surface area contributed by atoms with Crippen LogP contribution >= 0.6 is 0 Å². The molecule has 0 saturated heterocycles. The van der Waals surface area contributed by atoms with Gasteiger partial charge in [-0.05, 0) is 5.41 Å². The molecule has 0 radical (unpaired) electrons. The lowest BCUT2D eigenvalue weighted by atomic mass is 9.86. The molecule has 0 aliphatic heterocycles. The minimum atomic E-state index is -0.478. The number of carbonyl (C=O) groups excluding carboxylic acids is 1. The van der Waals surface area contributed by atoms with E-state index in [2.05, 4.69) is 15.4 Å². The Hall–Kier alpha value is -2.15. The van der Waals surface area contributed by atoms with Crippen molar-refractivity contribution >= 4 is 11.6 Å². The average Bonchev–Trinajstić information content (AvgIpc) is 2.85. The Morgan fingerprint density at radius 3 is 2.86 bits per heavy atom. The molecule has 2 rings (SSSR count). The molecule has 0 aromatic carbocycles. The molecular weight excluding hydrogens is 272 g/mol. The highest BCUT2D eigenvalue weighted by Gasteiger charge is 2.31. The van der Waals surface area contributed by atoms with Gasteiger partial charge in [0.2, 0.25) is 0 Å². The van der Waals surface area contributed by atoms with Crippen LogP contribution in [-0.2, 0) is 16.1 Å². The van der Waals surface area contributed by atoms with E-state index in [0.29, 0.717) is 17.9 Å². The molecule has 7 nitrogen and oxygen atoms in total. The maximum absolute atomic E-state index is 11.9. The molecule has 0 amide bonds. The van der Waals surface area contributed by atoms with Crippen LogP contribution in [0.3, 0.4) is 0 Å². The summed E-state index contributed by atoms with van der Waals surface area (Å²) in [5.74, 6) is -0.332. The van der Waals surface area contributed by atoms with E-state index in [0.717, 1.165) is 0 Å². The van der Waals surface area contributed by atoms with Gasteiger partial charge in [0, 0.05) is 24.9 Å². The lowest BCUT2D eigenvalue weighted by molar-refractivity contribution is -0.146. The molecule has 2 aromatic heterocycles. The number of carbonyl (C=O) groups is 1. The quantitative estimate of drug-likeness (QED) is 0.810. The second-order valence-corrected chi connectivity index (χ2v) is 5.94. The number of aromatic amines is 1. The van der Waals surface area contributed by atoms with Gasteiger partial charge in [-0.15, -0.1) is 0 Å². The summed E-state index contributed by atoms with van der Waals surface area (Å²) in [6, 6.07) is 2.67. The number of esters is 1. The van der Waals surface area contributed by atoms with Crippen LogP contribution < -0.4 is 10.9 Å². The van der Waals surface area contributed by atoms with Crippen molar-refractivity contribution in [1.82, 2.24) is 19.9 Å². The van der Waals surface area contributed by atoms with Crippen molar-refractivity contribution in [2.75, 3.05) is 7.11 Å². The molecule has 0 saturated carbocycles. The SMILES string of the molecule is COC(=O)[C@H](NCc1cc(=O)n2[nH]ccc2n1)C(C)(C)C. The highest BCUT2D eigenvalue weighted by atomic mass is 16.5. The van der Waals surface area contributed by atoms with Crippen LogP contribution in [0.2, 0.25) is 0 Å². The molecule has 0 aliphatic rings. The van der Waals surface area contributed by atoms with Crippen LogP contribution in [0.1, 0.15) is 26.5 Å². The van der Waals surface area contributed by atoms with Crippen molar-refractivity contribution in [2.45, 2.75) is 33.4 Å². The number of fused-ring (bicyclic) bond motifs is 1. The first-order chi connectivity index (χ1) is 9.82. The second kappa shape index (κ2) is 5.69. The molecule has 1 atom stereocenters. The van der Waals surface area contributed by atoms with E-state index >= 15 is 0 Å². The first kappa shape index (κ1) is 15.2. The average molecular weight is 292 g/mol. The van der Waals surface area contributed by atoms with Crippen molar-refractivity contribution in [3.05, 3.63) is 34.4 Å². The molecule has 0 unspecified atom stereocenters. The van der Waals surface area contributed by atoms with Crippen molar-refractivity contribution in [2.24, 2.45) is 5.41 Å². The number of nitrogens with zero attached hydrogens (tertiary/aromatic N) is 2. The van der Waals surface area contributed by atoms with E-state index in [4.69, 9.17) is 4.74 Å². The van der Waals surface area contributed by atoms with Crippen molar-refractivity contribution in [1.29, 1.82) is 0 Å². The Balaban J connectivity index is 2.19. The highest BCUT2D eigenvalue weighted by Crippen LogP contribution is 2.20. The number of ether oxygens (including phenoxy) is 1. The van der Waals surface area contributed by atoms with Crippen molar-refractivity contribution < 1.29 is 9.53 Å². The molecule has 2 aromatic rings. The van der Waals surface area contributed by atoms with Gasteiger partial charge in [-0.2, -0.15) is 0 Å². The Labute approximate surface area is 122 Å². The summed E-state index contributed by atoms with van der Waals surface area (Å²) in [5, 5.41) is 5.89. The number of hydrogen-bond acceptors (Lipinski definition) is 5. The number of methoxy groups -OCH3 is 1. The van der Waals surface area contributed by atoms with E-state index in [1.165, 1.54) is 17.7 Å². The smallest absolute Gasteiger partial charge is 0.323 e. The molecule has 2 heterocycles. The van der Waals surface area contributed by atoms with Crippen LogP contribution in [0.4, 0.5) is 0 Å². The molecule has 0 fully saturated rings. The predicted octanol–water partition coefficient (Wildman–Crippen LogP) is 0.700. The van der Waals surface area contributed by atoms with Crippen molar-refractivity contribution in [3.63, 3.8) is 0 Å². The fraction of sp³-hybridized carbons (Fsp3) is 0.500. The third-order valence-corrected chi connectivity index (χ3v) is 3.22. The number of aromatic nitrogens is 3. The Morgan fingerprint density at radius 1 is 1.52 bits per heavy atom. The standard InChI is InChI=1S/C14H20N4O3/c1-14(2,3)12(13(20)21-4)15-8-9-7-11(19)18-10(17-9)5-6-16-18/h5-7,12,15-16H,8H2,1-4H3/t12-/m0/s1. The molecule has 21 heavy (non-hydrogen) atoms. The van der Waals surface area contributed by atoms with Crippen LogP contribution in [-0.4, -0.2) is 33.7 Å². The molecule has 0 aliphatic carbocycles. The molecular formula is C14H20N4O3. The van der Waals surface area contributed by atoms with E-state index in [9.17, 15) is 9.59 Å². The second-order valence-electron chi connectivity index (χ2n) is 5.94. The molecule has 0 bridgehead atoms. The van der Waals surface area contributed by atoms with Gasteiger partial charge in [0.15, 0.2) is 5.65 Å². The summed E-state index contributed by atoms with van der Waals surface area (Å²) in [7, 11) is 1.36. The normalized spacial score (nSPS) is 13.3. The molecule has 2 N–H and O–H groups in total. The maximum atomic E-state index is 11.9. The largest absolute Gasteiger partial charge is 0.468 e. The Bertz CT molecular complexity index is 696. The number of nitrogens with one attached hydrogen (secondary N) is 2. The third kappa shape index (κ3) is 3.30. The lowest BCUT2D eigenvalue weighted by Gasteiger charge is -2.29. The zero-order valence-corrected chi connectivity index (χ0v) is 12.6. The van der Waals surface area contributed by atoms with Gasteiger partial charge in [0.1, 0.15) is 6.04 Å². The molecule has 0 spiro atoms. The summed E-state index contributed by atoms with van der Waals surface area (Å²) in [6.07, 6.45) is 1.65. The fourth-order valence-corrected chi connectivity index (χ4v) is 2.14. The van der Waals surface area contributed by atoms with E-state index in [-0.39, 0.29) is 16.9 Å². The van der Waals surface area contributed by atoms with E-state index < -0.39 is 6.04 Å². The summed E-state index contributed by atoms with van der Waals surface area (Å²) in [6.45, 7) is 6.14. The topological polar surface area (TPSA) is 88.5 Å². The third-order valence-electron chi connectivity index (χ3n) is 3.22. The molecule has 7 heteroatoms. The Morgan fingerprint density at radius 2 is 2.24 bits per heavy atom. The first-order valence-electron chi connectivity index (χ1n) is 6.70. The Kier molecular flexibility index (Phi) is 4.13. The molecule has 114 valence electrons. The van der Waals surface area contributed by atoms with Crippen LogP contribution in [0.5, 0.6) is 0 Å². The minimum Gasteiger partial charge on any atom is -0.468 e. The fourth-order valence-electron chi connectivity index (χ4n) is 2.14. The van der Waals surface area contributed by atoms with Crippen LogP contribution in [0, 0.1) is 5.41 Å². The minimum absolute atomic E-state index is 0.188. The van der Waals surface area contributed by atoms with Crippen LogP contribution in [0.25, 0.3) is 5.65 Å². The van der Waals surface area contributed by atoms with Gasteiger partial charge in [0.25, 0.3) is 5.56 Å². The van der Waals surface area contributed by atoms with E-state index in [1.807, 2.05) is 20.8 Å². The van der Waals surface area contributed by atoms with E-state index in [1.54, 1.807) is 12.3 Å². The summed E-state index contributed by atoms with van der Waals surface area (Å²) < 4.78 is 6.17. The van der Waals surface area contributed by atoms with Crippen molar-refractivity contribution in [3.8, 4) is 0 Å². The van der Waals surface area contributed by atoms with Gasteiger partial charge < -0.3 is 4.74 Å². The number of hydrogen-bond donors (Lipinski definition) is 2. The number of rotatable bonds is 4. The lowest BCUT2D eigenvalue weighted by Crippen LogP contribution is -2.47. The van der Waals surface area contributed by atoms with Gasteiger partial charge in [0.05, 0.1) is 12.8 Å². The number of H-pyrrole nitrogens is 1. The van der Waals surface area contributed by atoms with Gasteiger partial charge in [-0.3, -0.25) is 20.0 Å². The van der Waals surface area contributed by atoms with Gasteiger partial charge in [-0.1, -0.05) is 20.8 Å². The maximum Gasteiger partial charge on any atom is 0.323 e. The van der Waals surface area contributed by atoms with Gasteiger partial charge in [-0.25, -0.2) is 9.50 Å². The zero-order valence-electron chi connectivity index (χ0n) is 12.6. The predicted molar refractivity (Wildman–Crippen MR) is 77.9 cm³/mol. The first-order valence-corrected chi connectivity index (χ1v) is 6.70. The summed E-state index contributed by atoms with van der Waals surface area (Å²) in [5.41, 5.74) is 0.634. The zero-order chi connectivity index (χ0) is 15.6. The highest BCUT2D eigenvalue weighted by molar-refractivity contribution is 5.76. The summed E-state index contributed by atoms with van der Waals surface area (Å²) >= 11 is 0. The monoisotopic (exact) mass is 292 g/mol. The van der Waals surface area contributed by atoms with Crippen LogP contribution in [0.15, 0.2) is 23.1 Å².